The first-order chi connectivity index (χ1) is 13.3. The van der Waals surface area contributed by atoms with Gasteiger partial charge in [-0.15, -0.1) is 5.10 Å². The molecular weight excluding hydrogens is 343 g/mol. The van der Waals surface area contributed by atoms with Crippen molar-refractivity contribution in [2.24, 2.45) is 0 Å². The summed E-state index contributed by atoms with van der Waals surface area (Å²) in [4.78, 5) is 9.30. The molecule has 0 radical (unpaired) electrons. The highest BCUT2D eigenvalue weighted by atomic mass is 19.1. The summed E-state index contributed by atoms with van der Waals surface area (Å²) in [7, 11) is 0. The molecule has 0 aliphatic heterocycles. The molecular formula is C20H19FN6. The molecule has 0 saturated heterocycles. The van der Waals surface area contributed by atoms with Gasteiger partial charge in [0.15, 0.2) is 22.8 Å². The van der Waals surface area contributed by atoms with Gasteiger partial charge in [0.1, 0.15) is 5.82 Å². The number of anilines is 1. The van der Waals surface area contributed by atoms with E-state index in [-0.39, 0.29) is 12.4 Å². The predicted octanol–water partition coefficient (Wildman–Crippen LogP) is 3.90. The highest BCUT2D eigenvalue weighted by Gasteiger charge is 2.16. The SMILES string of the molecule is CCCNc1nc(-c2ccccc2)nc2c1nnn2Cc1ccccc1F. The first-order valence-electron chi connectivity index (χ1n) is 8.90. The zero-order valence-electron chi connectivity index (χ0n) is 14.9. The molecule has 1 N–H and O–H groups in total. The first kappa shape index (κ1) is 17.1. The molecule has 0 aliphatic rings. The Morgan fingerprint density at radius 3 is 2.56 bits per heavy atom. The second kappa shape index (κ2) is 7.49. The van der Waals surface area contributed by atoms with Crippen molar-refractivity contribution < 1.29 is 4.39 Å². The number of nitrogens with zero attached hydrogens (tertiary/aromatic N) is 5. The Bertz CT molecular complexity index is 1060. The Labute approximate surface area is 156 Å². The fraction of sp³-hybridized carbons (Fsp3) is 0.200. The molecule has 0 amide bonds. The number of hydrogen-bond donors (Lipinski definition) is 1. The largest absolute Gasteiger partial charge is 0.368 e. The smallest absolute Gasteiger partial charge is 0.184 e. The minimum Gasteiger partial charge on any atom is -0.368 e. The standard InChI is InChI=1S/C20H19FN6/c1-2-12-22-19-17-20(24-18(23-19)14-8-4-3-5-9-14)27(26-25-17)13-15-10-6-7-11-16(15)21/h3-11H,2,12-13H2,1H3,(H,22,23,24). The van der Waals surface area contributed by atoms with Crippen molar-refractivity contribution >= 4 is 17.0 Å². The van der Waals surface area contributed by atoms with Crippen LogP contribution >= 0.6 is 0 Å². The van der Waals surface area contributed by atoms with E-state index in [2.05, 4.69) is 32.5 Å². The van der Waals surface area contributed by atoms with Gasteiger partial charge in [0.05, 0.1) is 6.54 Å². The Morgan fingerprint density at radius 1 is 1.00 bits per heavy atom. The van der Waals surface area contributed by atoms with Crippen LogP contribution in [0.1, 0.15) is 18.9 Å². The highest BCUT2D eigenvalue weighted by molar-refractivity contribution is 5.84. The molecule has 4 aromatic rings. The van der Waals surface area contributed by atoms with E-state index in [4.69, 9.17) is 0 Å². The fourth-order valence-corrected chi connectivity index (χ4v) is 2.83. The number of halogens is 1. The summed E-state index contributed by atoms with van der Waals surface area (Å²) in [5.41, 5.74) is 2.59. The highest BCUT2D eigenvalue weighted by Crippen LogP contribution is 2.24. The quantitative estimate of drug-likeness (QED) is 0.563. The average Bonchev–Trinajstić information content (AvgIpc) is 3.11. The zero-order valence-corrected chi connectivity index (χ0v) is 14.9. The van der Waals surface area contributed by atoms with Gasteiger partial charge >= 0.3 is 0 Å². The third-order valence-corrected chi connectivity index (χ3v) is 4.22. The molecule has 6 nitrogen and oxygen atoms in total. The molecule has 2 aromatic carbocycles. The number of benzene rings is 2. The van der Waals surface area contributed by atoms with E-state index in [0.717, 1.165) is 18.5 Å². The van der Waals surface area contributed by atoms with Crippen molar-refractivity contribution in [1.82, 2.24) is 25.0 Å². The van der Waals surface area contributed by atoms with E-state index >= 15 is 0 Å². The van der Waals surface area contributed by atoms with Crippen molar-refractivity contribution in [1.29, 1.82) is 0 Å². The van der Waals surface area contributed by atoms with E-state index in [1.807, 2.05) is 30.3 Å². The van der Waals surface area contributed by atoms with Crippen LogP contribution in [0.15, 0.2) is 54.6 Å². The Morgan fingerprint density at radius 2 is 1.78 bits per heavy atom. The number of aromatic nitrogens is 5. The van der Waals surface area contributed by atoms with Crippen LogP contribution in [0.3, 0.4) is 0 Å². The van der Waals surface area contributed by atoms with E-state index < -0.39 is 0 Å². The molecule has 2 heterocycles. The molecule has 0 unspecified atom stereocenters. The normalized spacial score (nSPS) is 11.0. The molecule has 2 aromatic heterocycles. The number of nitrogens with one attached hydrogen (secondary N) is 1. The minimum atomic E-state index is -0.275. The Hall–Kier alpha value is -3.35. The van der Waals surface area contributed by atoms with Gasteiger partial charge in [-0.3, -0.25) is 0 Å². The molecule has 0 aliphatic carbocycles. The van der Waals surface area contributed by atoms with E-state index in [0.29, 0.717) is 28.4 Å². The lowest BCUT2D eigenvalue weighted by Gasteiger charge is -2.08. The maximum absolute atomic E-state index is 14.1. The maximum atomic E-state index is 14.1. The lowest BCUT2D eigenvalue weighted by molar-refractivity contribution is 0.582. The second-order valence-electron chi connectivity index (χ2n) is 6.20. The van der Waals surface area contributed by atoms with Crippen molar-refractivity contribution in [3.63, 3.8) is 0 Å². The summed E-state index contributed by atoms with van der Waals surface area (Å²) >= 11 is 0. The maximum Gasteiger partial charge on any atom is 0.184 e. The molecule has 136 valence electrons. The molecule has 0 spiro atoms. The van der Waals surface area contributed by atoms with Crippen molar-refractivity contribution in [2.75, 3.05) is 11.9 Å². The van der Waals surface area contributed by atoms with Crippen LogP contribution in [0.4, 0.5) is 10.2 Å². The Kier molecular flexibility index (Phi) is 4.74. The summed E-state index contributed by atoms with van der Waals surface area (Å²) in [6.45, 7) is 3.10. The van der Waals surface area contributed by atoms with Crippen LogP contribution in [0.2, 0.25) is 0 Å². The van der Waals surface area contributed by atoms with E-state index in [1.165, 1.54) is 6.07 Å². The molecule has 0 saturated carbocycles. The third kappa shape index (κ3) is 3.48. The minimum absolute atomic E-state index is 0.252. The van der Waals surface area contributed by atoms with Crippen LogP contribution in [0.5, 0.6) is 0 Å². The van der Waals surface area contributed by atoms with Crippen LogP contribution in [0, 0.1) is 5.82 Å². The van der Waals surface area contributed by atoms with Crippen molar-refractivity contribution in [3.05, 3.63) is 66.0 Å². The second-order valence-corrected chi connectivity index (χ2v) is 6.20. The van der Waals surface area contributed by atoms with Gasteiger partial charge in [0, 0.05) is 17.7 Å². The van der Waals surface area contributed by atoms with Gasteiger partial charge in [-0.2, -0.15) is 0 Å². The summed E-state index contributed by atoms with van der Waals surface area (Å²) in [5, 5.41) is 11.7. The first-order valence-corrected chi connectivity index (χ1v) is 8.90. The fourth-order valence-electron chi connectivity index (χ4n) is 2.83. The van der Waals surface area contributed by atoms with Crippen LogP contribution in [-0.2, 0) is 6.54 Å². The summed E-state index contributed by atoms with van der Waals surface area (Å²) in [6, 6.07) is 16.4. The van der Waals surface area contributed by atoms with Gasteiger partial charge in [-0.25, -0.2) is 19.0 Å². The van der Waals surface area contributed by atoms with Crippen molar-refractivity contribution in [3.8, 4) is 11.4 Å². The molecule has 0 atom stereocenters. The summed E-state index contributed by atoms with van der Waals surface area (Å²) < 4.78 is 15.7. The van der Waals surface area contributed by atoms with Gasteiger partial charge in [-0.05, 0) is 12.5 Å². The van der Waals surface area contributed by atoms with Crippen LogP contribution < -0.4 is 5.32 Å². The van der Waals surface area contributed by atoms with Gasteiger partial charge < -0.3 is 5.32 Å². The van der Waals surface area contributed by atoms with E-state index in [9.17, 15) is 4.39 Å². The lowest BCUT2D eigenvalue weighted by atomic mass is 10.2. The summed E-state index contributed by atoms with van der Waals surface area (Å²) in [6.07, 6.45) is 0.954. The monoisotopic (exact) mass is 362 g/mol. The summed E-state index contributed by atoms with van der Waals surface area (Å²) in [5.74, 6) is 0.946. The number of fused-ring (bicyclic) bond motifs is 1. The van der Waals surface area contributed by atoms with E-state index in [1.54, 1.807) is 22.9 Å². The van der Waals surface area contributed by atoms with Gasteiger partial charge in [0.25, 0.3) is 0 Å². The predicted molar refractivity (Wildman–Crippen MR) is 103 cm³/mol. The molecule has 27 heavy (non-hydrogen) atoms. The molecule has 0 fully saturated rings. The molecule has 4 rings (SSSR count). The molecule has 7 heteroatoms. The van der Waals surface area contributed by atoms with Crippen LogP contribution in [-0.4, -0.2) is 31.5 Å². The average molecular weight is 362 g/mol. The van der Waals surface area contributed by atoms with Crippen molar-refractivity contribution in [2.45, 2.75) is 19.9 Å². The topological polar surface area (TPSA) is 68.5 Å². The van der Waals surface area contributed by atoms with Gasteiger partial charge in [0.2, 0.25) is 0 Å². The zero-order chi connectivity index (χ0) is 18.6. The molecule has 0 bridgehead atoms. The lowest BCUT2D eigenvalue weighted by Crippen LogP contribution is -2.07. The number of hydrogen-bond acceptors (Lipinski definition) is 5. The number of rotatable bonds is 6. The van der Waals surface area contributed by atoms with Gasteiger partial charge in [-0.1, -0.05) is 60.7 Å². The van der Waals surface area contributed by atoms with Crippen LogP contribution in [0.25, 0.3) is 22.6 Å². The Balaban J connectivity index is 1.83. The third-order valence-electron chi connectivity index (χ3n) is 4.22.